The molecule has 0 radical (unpaired) electrons. The van der Waals surface area contributed by atoms with Crippen molar-refractivity contribution in [3.05, 3.63) is 53.9 Å². The first-order valence-corrected chi connectivity index (χ1v) is 10.5. The summed E-state index contributed by atoms with van der Waals surface area (Å²) in [6, 6.07) is 11.8. The third-order valence-electron chi connectivity index (χ3n) is 4.41. The fourth-order valence-corrected chi connectivity index (χ4v) is 3.68. The summed E-state index contributed by atoms with van der Waals surface area (Å²) in [5.41, 5.74) is 2.92. The quantitative estimate of drug-likeness (QED) is 0.585. The molecule has 0 aliphatic heterocycles. The fraction of sp³-hybridized carbons (Fsp3) is 0.263. The number of aromatic nitrogens is 4. The zero-order valence-electron chi connectivity index (χ0n) is 17.1. The number of tetrazole rings is 1. The Balaban J connectivity index is 1.68. The molecule has 3 aromatic rings. The zero-order chi connectivity index (χ0) is 21.9. The maximum atomic E-state index is 12.3. The van der Waals surface area contributed by atoms with E-state index in [4.69, 9.17) is 0 Å². The first kappa shape index (κ1) is 21.4. The van der Waals surface area contributed by atoms with Crippen LogP contribution in [-0.2, 0) is 14.8 Å². The Kier molecular flexibility index (Phi) is 6.13. The van der Waals surface area contributed by atoms with E-state index in [-0.39, 0.29) is 17.3 Å². The van der Waals surface area contributed by atoms with E-state index in [0.717, 1.165) is 21.2 Å². The van der Waals surface area contributed by atoms with Gasteiger partial charge in [0.15, 0.2) is 5.82 Å². The van der Waals surface area contributed by atoms with Crippen LogP contribution in [0.3, 0.4) is 0 Å². The van der Waals surface area contributed by atoms with E-state index < -0.39 is 10.0 Å². The van der Waals surface area contributed by atoms with Gasteiger partial charge in [0.2, 0.25) is 15.9 Å². The number of carbonyl (C=O) groups is 1. The van der Waals surface area contributed by atoms with Crippen LogP contribution in [0.5, 0.6) is 0 Å². The van der Waals surface area contributed by atoms with Crippen molar-refractivity contribution >= 4 is 27.3 Å². The standard InChI is InChI=1S/C19H23N7O3S/c1-13-8-9-15(11-18(13)26-14(2)22-23-24-26)20-12-19(27)21-16-6-5-7-17(10-16)30(28,29)25(3)4/h5-11,20H,12H2,1-4H3,(H,21,27). The van der Waals surface area contributed by atoms with Crippen LogP contribution < -0.4 is 10.6 Å². The molecule has 0 atom stereocenters. The minimum Gasteiger partial charge on any atom is -0.376 e. The van der Waals surface area contributed by atoms with Crippen LogP contribution in [0.2, 0.25) is 0 Å². The van der Waals surface area contributed by atoms with Crippen LogP contribution >= 0.6 is 0 Å². The second-order valence-electron chi connectivity index (χ2n) is 6.86. The molecule has 1 amide bonds. The Morgan fingerprint density at radius 1 is 1.10 bits per heavy atom. The number of aryl methyl sites for hydroxylation is 2. The molecule has 0 bridgehead atoms. The molecule has 1 aromatic heterocycles. The average molecular weight is 430 g/mol. The highest BCUT2D eigenvalue weighted by Gasteiger charge is 2.17. The topological polar surface area (TPSA) is 122 Å². The summed E-state index contributed by atoms with van der Waals surface area (Å²) in [5.74, 6) is 0.343. The van der Waals surface area contributed by atoms with Crippen molar-refractivity contribution in [3.8, 4) is 5.69 Å². The summed E-state index contributed by atoms with van der Waals surface area (Å²) < 4.78 is 27.2. The molecule has 0 fully saturated rings. The Bertz CT molecular complexity index is 1170. The normalized spacial score (nSPS) is 11.5. The van der Waals surface area contributed by atoms with Crippen LogP contribution in [0.4, 0.5) is 11.4 Å². The Morgan fingerprint density at radius 2 is 1.87 bits per heavy atom. The molecular formula is C19H23N7O3S. The molecule has 2 aromatic carbocycles. The maximum Gasteiger partial charge on any atom is 0.243 e. The van der Waals surface area contributed by atoms with E-state index in [0.29, 0.717) is 11.5 Å². The lowest BCUT2D eigenvalue weighted by atomic mass is 10.2. The number of benzene rings is 2. The first-order chi connectivity index (χ1) is 14.2. The molecule has 158 valence electrons. The lowest BCUT2D eigenvalue weighted by Gasteiger charge is -2.13. The number of hydrogen-bond donors (Lipinski definition) is 2. The van der Waals surface area contributed by atoms with Gasteiger partial charge in [-0.1, -0.05) is 12.1 Å². The minimum absolute atomic E-state index is 0.00173. The second kappa shape index (κ2) is 8.59. The van der Waals surface area contributed by atoms with Gasteiger partial charge in [-0.15, -0.1) is 5.10 Å². The number of nitrogens with one attached hydrogen (secondary N) is 2. The predicted molar refractivity (Wildman–Crippen MR) is 113 cm³/mol. The van der Waals surface area contributed by atoms with Crippen LogP contribution in [0.15, 0.2) is 47.4 Å². The second-order valence-corrected chi connectivity index (χ2v) is 9.01. The van der Waals surface area contributed by atoms with Gasteiger partial charge in [0, 0.05) is 25.5 Å². The molecule has 2 N–H and O–H groups in total. The van der Waals surface area contributed by atoms with E-state index in [1.807, 2.05) is 25.1 Å². The molecular weight excluding hydrogens is 406 g/mol. The van der Waals surface area contributed by atoms with Gasteiger partial charge in [0.05, 0.1) is 17.1 Å². The van der Waals surface area contributed by atoms with E-state index in [1.54, 1.807) is 23.7 Å². The van der Waals surface area contributed by atoms with Gasteiger partial charge in [-0.25, -0.2) is 12.7 Å². The number of hydrogen-bond acceptors (Lipinski definition) is 7. The Labute approximate surface area is 175 Å². The highest BCUT2D eigenvalue weighted by molar-refractivity contribution is 7.89. The number of nitrogens with zero attached hydrogens (tertiary/aromatic N) is 5. The summed E-state index contributed by atoms with van der Waals surface area (Å²) >= 11 is 0. The molecule has 10 nitrogen and oxygen atoms in total. The predicted octanol–water partition coefficient (Wildman–Crippen LogP) is 1.58. The van der Waals surface area contributed by atoms with Crippen molar-refractivity contribution in [2.24, 2.45) is 0 Å². The number of sulfonamides is 1. The number of anilines is 2. The van der Waals surface area contributed by atoms with Crippen molar-refractivity contribution < 1.29 is 13.2 Å². The van der Waals surface area contributed by atoms with Crippen molar-refractivity contribution in [3.63, 3.8) is 0 Å². The van der Waals surface area contributed by atoms with Crippen molar-refractivity contribution in [1.29, 1.82) is 0 Å². The summed E-state index contributed by atoms with van der Waals surface area (Å²) in [6.45, 7) is 3.75. The largest absolute Gasteiger partial charge is 0.376 e. The number of amides is 1. The SMILES string of the molecule is Cc1ccc(NCC(=O)Nc2cccc(S(=O)(=O)N(C)C)c2)cc1-n1nnnc1C. The van der Waals surface area contributed by atoms with Crippen molar-refractivity contribution in [2.45, 2.75) is 18.7 Å². The molecule has 11 heteroatoms. The lowest BCUT2D eigenvalue weighted by Crippen LogP contribution is -2.23. The minimum atomic E-state index is -3.58. The van der Waals surface area contributed by atoms with Crippen LogP contribution in [0.1, 0.15) is 11.4 Å². The van der Waals surface area contributed by atoms with Gasteiger partial charge in [-0.05, 0) is 60.2 Å². The number of rotatable bonds is 7. The van der Waals surface area contributed by atoms with Gasteiger partial charge in [0.1, 0.15) is 0 Å². The summed E-state index contributed by atoms with van der Waals surface area (Å²) in [6.07, 6.45) is 0. The third kappa shape index (κ3) is 4.63. The number of carbonyl (C=O) groups excluding carboxylic acids is 1. The van der Waals surface area contributed by atoms with E-state index in [1.165, 1.54) is 26.2 Å². The summed E-state index contributed by atoms with van der Waals surface area (Å²) in [5, 5.41) is 17.3. The van der Waals surface area contributed by atoms with Crippen LogP contribution in [-0.4, -0.2) is 59.5 Å². The fourth-order valence-electron chi connectivity index (χ4n) is 2.73. The van der Waals surface area contributed by atoms with Crippen molar-refractivity contribution in [1.82, 2.24) is 24.5 Å². The van der Waals surface area contributed by atoms with Crippen LogP contribution in [0.25, 0.3) is 5.69 Å². The molecule has 0 spiro atoms. The van der Waals surface area contributed by atoms with Gasteiger partial charge >= 0.3 is 0 Å². The average Bonchev–Trinajstić information content (AvgIpc) is 3.13. The van der Waals surface area contributed by atoms with E-state index in [2.05, 4.69) is 26.2 Å². The monoisotopic (exact) mass is 429 g/mol. The third-order valence-corrected chi connectivity index (χ3v) is 6.22. The molecule has 0 aliphatic carbocycles. The van der Waals surface area contributed by atoms with Gasteiger partial charge in [0.25, 0.3) is 0 Å². The summed E-state index contributed by atoms with van der Waals surface area (Å²) in [4.78, 5) is 12.5. The molecule has 3 rings (SSSR count). The van der Waals surface area contributed by atoms with Gasteiger partial charge in [-0.2, -0.15) is 4.68 Å². The highest BCUT2D eigenvalue weighted by atomic mass is 32.2. The van der Waals surface area contributed by atoms with E-state index in [9.17, 15) is 13.2 Å². The van der Waals surface area contributed by atoms with Gasteiger partial charge < -0.3 is 10.6 Å². The maximum absolute atomic E-state index is 12.3. The molecule has 0 saturated heterocycles. The molecule has 0 saturated carbocycles. The Morgan fingerprint density at radius 3 is 2.53 bits per heavy atom. The first-order valence-electron chi connectivity index (χ1n) is 9.11. The van der Waals surface area contributed by atoms with E-state index >= 15 is 0 Å². The van der Waals surface area contributed by atoms with Crippen LogP contribution in [0, 0.1) is 13.8 Å². The lowest BCUT2D eigenvalue weighted by molar-refractivity contribution is -0.114. The Hall–Kier alpha value is -3.31. The van der Waals surface area contributed by atoms with Crippen molar-refractivity contribution in [2.75, 3.05) is 31.3 Å². The molecule has 30 heavy (non-hydrogen) atoms. The zero-order valence-corrected chi connectivity index (χ0v) is 17.9. The molecule has 0 unspecified atom stereocenters. The molecule has 0 aliphatic rings. The molecule has 1 heterocycles. The highest BCUT2D eigenvalue weighted by Crippen LogP contribution is 2.20. The smallest absolute Gasteiger partial charge is 0.243 e. The summed E-state index contributed by atoms with van der Waals surface area (Å²) in [7, 11) is -0.665. The van der Waals surface area contributed by atoms with Gasteiger partial charge in [-0.3, -0.25) is 4.79 Å².